The zero-order valence-electron chi connectivity index (χ0n) is 19.3. The monoisotopic (exact) mass is 447 g/mol. The summed E-state index contributed by atoms with van der Waals surface area (Å²) in [6.45, 7) is 7.37. The number of nitrogens with zero attached hydrogens (tertiary/aromatic N) is 1. The van der Waals surface area contributed by atoms with E-state index >= 15 is 0 Å². The molecule has 0 fully saturated rings. The standard InChI is InChI=1S/C26H29N3O4/c1-5-18-9-7-8-10-22(18)29-25(31)28-21-14-11-19(12-15-21)20-13-16-23(27-17-20)33-26(3,4)24(30)32-6-2/h7-17H,5-6H2,1-4H3,(H2,28,29,31). The van der Waals surface area contributed by atoms with Crippen molar-refractivity contribution in [2.75, 3.05) is 17.2 Å². The van der Waals surface area contributed by atoms with E-state index in [0.29, 0.717) is 11.6 Å². The Morgan fingerprint density at radius 1 is 0.909 bits per heavy atom. The summed E-state index contributed by atoms with van der Waals surface area (Å²) in [5.74, 6) is -0.111. The van der Waals surface area contributed by atoms with Gasteiger partial charge in [0.2, 0.25) is 11.5 Å². The van der Waals surface area contributed by atoms with Crippen LogP contribution in [0.25, 0.3) is 11.1 Å². The molecule has 0 bridgehead atoms. The van der Waals surface area contributed by atoms with Gasteiger partial charge in [0.1, 0.15) is 0 Å². The number of carbonyl (C=O) groups excluding carboxylic acids is 2. The molecule has 0 spiro atoms. The van der Waals surface area contributed by atoms with Crippen LogP contribution in [0.2, 0.25) is 0 Å². The highest BCUT2D eigenvalue weighted by Gasteiger charge is 2.32. The maximum absolute atomic E-state index is 12.4. The predicted octanol–water partition coefficient (Wildman–Crippen LogP) is 5.68. The fourth-order valence-electron chi connectivity index (χ4n) is 3.20. The first-order chi connectivity index (χ1) is 15.8. The smallest absolute Gasteiger partial charge is 0.349 e. The summed E-state index contributed by atoms with van der Waals surface area (Å²) in [6.07, 6.45) is 2.51. The topological polar surface area (TPSA) is 89.5 Å². The van der Waals surface area contributed by atoms with Crippen LogP contribution >= 0.6 is 0 Å². The zero-order chi connectivity index (χ0) is 23.8. The summed E-state index contributed by atoms with van der Waals surface area (Å²) in [6, 6.07) is 18.5. The van der Waals surface area contributed by atoms with Crippen molar-refractivity contribution in [3.05, 3.63) is 72.4 Å². The van der Waals surface area contributed by atoms with E-state index in [4.69, 9.17) is 9.47 Å². The maximum Gasteiger partial charge on any atom is 0.349 e. The first-order valence-corrected chi connectivity index (χ1v) is 10.9. The van der Waals surface area contributed by atoms with Crippen LogP contribution in [0.4, 0.5) is 16.2 Å². The third-order valence-electron chi connectivity index (χ3n) is 4.99. The molecule has 1 heterocycles. The quantitative estimate of drug-likeness (QED) is 0.434. The molecule has 0 aliphatic heterocycles. The molecule has 0 unspecified atom stereocenters. The third kappa shape index (κ3) is 6.32. The fourth-order valence-corrected chi connectivity index (χ4v) is 3.20. The van der Waals surface area contributed by atoms with Crippen LogP contribution in [0.15, 0.2) is 66.9 Å². The second kappa shape index (κ2) is 10.6. The van der Waals surface area contributed by atoms with E-state index in [1.54, 1.807) is 33.0 Å². The van der Waals surface area contributed by atoms with Crippen molar-refractivity contribution >= 4 is 23.4 Å². The van der Waals surface area contributed by atoms with Gasteiger partial charge in [0.05, 0.1) is 6.61 Å². The van der Waals surface area contributed by atoms with Gasteiger partial charge in [-0.1, -0.05) is 37.3 Å². The number of esters is 1. The van der Waals surface area contributed by atoms with Crippen LogP contribution < -0.4 is 15.4 Å². The Bertz CT molecular complexity index is 1090. The van der Waals surface area contributed by atoms with Gasteiger partial charge in [0, 0.05) is 29.2 Å². The van der Waals surface area contributed by atoms with Crippen molar-refractivity contribution in [1.82, 2.24) is 4.98 Å². The highest BCUT2D eigenvalue weighted by Crippen LogP contribution is 2.24. The number of carbonyl (C=O) groups is 2. The second-order valence-electron chi connectivity index (χ2n) is 7.89. The molecular weight excluding hydrogens is 418 g/mol. The van der Waals surface area contributed by atoms with Crippen molar-refractivity contribution in [1.29, 1.82) is 0 Å². The largest absolute Gasteiger partial charge is 0.463 e. The van der Waals surface area contributed by atoms with E-state index < -0.39 is 11.6 Å². The Labute approximate surface area is 194 Å². The molecule has 2 amide bonds. The van der Waals surface area contributed by atoms with E-state index in [9.17, 15) is 9.59 Å². The van der Waals surface area contributed by atoms with Gasteiger partial charge in [0.25, 0.3) is 0 Å². The van der Waals surface area contributed by atoms with Gasteiger partial charge in [-0.15, -0.1) is 0 Å². The Balaban J connectivity index is 1.61. The van der Waals surface area contributed by atoms with Crippen LogP contribution in [-0.2, 0) is 16.0 Å². The molecular formula is C26H29N3O4. The van der Waals surface area contributed by atoms with Gasteiger partial charge < -0.3 is 20.1 Å². The lowest BCUT2D eigenvalue weighted by Crippen LogP contribution is -2.39. The summed E-state index contributed by atoms with van der Waals surface area (Å²) in [7, 11) is 0. The van der Waals surface area contributed by atoms with Crippen LogP contribution in [-0.4, -0.2) is 29.2 Å². The minimum atomic E-state index is -1.13. The van der Waals surface area contributed by atoms with Crippen molar-refractivity contribution in [2.45, 2.75) is 39.7 Å². The molecule has 0 radical (unpaired) electrons. The molecule has 3 rings (SSSR count). The molecule has 0 saturated heterocycles. The summed E-state index contributed by atoms with van der Waals surface area (Å²) >= 11 is 0. The molecule has 0 atom stereocenters. The maximum atomic E-state index is 12.4. The van der Waals surface area contributed by atoms with Gasteiger partial charge in [-0.2, -0.15) is 0 Å². The Hall–Kier alpha value is -3.87. The summed E-state index contributed by atoms with van der Waals surface area (Å²) in [5.41, 5.74) is 3.23. The number of hydrogen-bond donors (Lipinski definition) is 2. The average Bonchev–Trinajstić information content (AvgIpc) is 2.80. The number of hydrogen-bond acceptors (Lipinski definition) is 5. The highest BCUT2D eigenvalue weighted by molar-refractivity contribution is 6.00. The molecule has 33 heavy (non-hydrogen) atoms. The molecule has 1 aromatic heterocycles. The van der Waals surface area contributed by atoms with E-state index in [1.165, 1.54) is 0 Å². The second-order valence-corrected chi connectivity index (χ2v) is 7.89. The van der Waals surface area contributed by atoms with E-state index in [2.05, 4.69) is 15.6 Å². The van der Waals surface area contributed by atoms with Crippen LogP contribution in [0.1, 0.15) is 33.3 Å². The van der Waals surface area contributed by atoms with Gasteiger partial charge in [-0.25, -0.2) is 14.6 Å². The molecule has 0 aliphatic carbocycles. The van der Waals surface area contributed by atoms with Crippen LogP contribution in [0, 0.1) is 0 Å². The lowest BCUT2D eigenvalue weighted by Gasteiger charge is -2.23. The Morgan fingerprint density at radius 3 is 2.24 bits per heavy atom. The first-order valence-electron chi connectivity index (χ1n) is 10.9. The number of aryl methyl sites for hydroxylation is 1. The van der Waals surface area contributed by atoms with Crippen molar-refractivity contribution in [3.63, 3.8) is 0 Å². The minimum absolute atomic E-state index is 0.288. The minimum Gasteiger partial charge on any atom is -0.463 e. The van der Waals surface area contributed by atoms with Crippen LogP contribution in [0.5, 0.6) is 5.88 Å². The number of nitrogens with one attached hydrogen (secondary N) is 2. The van der Waals surface area contributed by atoms with Gasteiger partial charge in [0.15, 0.2) is 0 Å². The van der Waals surface area contributed by atoms with Crippen molar-refractivity contribution < 1.29 is 19.1 Å². The van der Waals surface area contributed by atoms with Crippen molar-refractivity contribution in [3.8, 4) is 17.0 Å². The number of para-hydroxylation sites is 1. The number of ether oxygens (including phenoxy) is 2. The molecule has 0 saturated carbocycles. The SMILES string of the molecule is CCOC(=O)C(C)(C)Oc1ccc(-c2ccc(NC(=O)Nc3ccccc3CC)cc2)cn1. The fraction of sp³-hybridized carbons (Fsp3) is 0.269. The van der Waals surface area contributed by atoms with E-state index in [-0.39, 0.29) is 12.6 Å². The third-order valence-corrected chi connectivity index (χ3v) is 4.99. The lowest BCUT2D eigenvalue weighted by molar-refractivity contribution is -0.158. The zero-order valence-corrected chi connectivity index (χ0v) is 19.3. The first kappa shape index (κ1) is 23.8. The average molecular weight is 448 g/mol. The number of benzene rings is 2. The number of pyridine rings is 1. The molecule has 0 aliphatic rings. The molecule has 3 aromatic rings. The number of aromatic nitrogens is 1. The Morgan fingerprint density at radius 2 is 1.61 bits per heavy atom. The predicted molar refractivity (Wildman–Crippen MR) is 129 cm³/mol. The molecule has 2 aromatic carbocycles. The van der Waals surface area contributed by atoms with E-state index in [0.717, 1.165) is 28.8 Å². The van der Waals surface area contributed by atoms with Crippen LogP contribution in [0.3, 0.4) is 0 Å². The van der Waals surface area contributed by atoms with Crippen molar-refractivity contribution in [2.24, 2.45) is 0 Å². The molecule has 172 valence electrons. The molecule has 7 nitrogen and oxygen atoms in total. The van der Waals surface area contributed by atoms with Gasteiger partial charge in [-0.3, -0.25) is 0 Å². The number of rotatable bonds is 8. The van der Waals surface area contributed by atoms with Gasteiger partial charge >= 0.3 is 12.0 Å². The summed E-state index contributed by atoms with van der Waals surface area (Å²) in [5, 5.41) is 5.74. The lowest BCUT2D eigenvalue weighted by atomic mass is 10.1. The summed E-state index contributed by atoms with van der Waals surface area (Å²) < 4.78 is 10.7. The molecule has 7 heteroatoms. The van der Waals surface area contributed by atoms with E-state index in [1.807, 2.05) is 61.5 Å². The number of amides is 2. The molecule has 2 N–H and O–H groups in total. The summed E-state index contributed by atoms with van der Waals surface area (Å²) in [4.78, 5) is 28.7. The number of anilines is 2. The number of urea groups is 1. The normalized spacial score (nSPS) is 10.9. The Kier molecular flexibility index (Phi) is 7.66. The van der Waals surface area contributed by atoms with Gasteiger partial charge in [-0.05, 0) is 62.6 Å². The highest BCUT2D eigenvalue weighted by atomic mass is 16.6.